The minimum Gasteiger partial charge on any atom is -0.493 e. The lowest BCUT2D eigenvalue weighted by atomic mass is 10.2. The van der Waals surface area contributed by atoms with Crippen LogP contribution in [0.2, 0.25) is 0 Å². The second kappa shape index (κ2) is 5.31. The first kappa shape index (κ1) is 12.1. The number of anilines is 2. The number of rotatable bonds is 4. The fourth-order valence-corrected chi connectivity index (χ4v) is 1.53. The Morgan fingerprint density at radius 2 is 1.83 bits per heavy atom. The zero-order valence-electron chi connectivity index (χ0n) is 10.1. The number of ether oxygens (including phenoxy) is 1. The standard InChI is InChI=1S/C12H15N5O/c1-8-3-2-4-9(7-8)18-6-5-10-15-11(13)17-12(14)16-10/h2-4,7H,5-6H2,1H3,(H4,13,14,15,16,17). The van der Waals surface area contributed by atoms with Crippen molar-refractivity contribution in [1.29, 1.82) is 0 Å². The lowest BCUT2D eigenvalue weighted by molar-refractivity contribution is 0.318. The van der Waals surface area contributed by atoms with E-state index in [2.05, 4.69) is 15.0 Å². The largest absolute Gasteiger partial charge is 0.493 e. The predicted molar refractivity (Wildman–Crippen MR) is 69.0 cm³/mol. The Morgan fingerprint density at radius 3 is 2.50 bits per heavy atom. The fourth-order valence-electron chi connectivity index (χ4n) is 1.53. The van der Waals surface area contributed by atoms with Crippen molar-refractivity contribution in [3.8, 4) is 5.75 Å². The van der Waals surface area contributed by atoms with Gasteiger partial charge in [-0.05, 0) is 24.6 Å². The molecule has 6 nitrogen and oxygen atoms in total. The van der Waals surface area contributed by atoms with E-state index in [1.54, 1.807) is 0 Å². The second-order valence-electron chi connectivity index (χ2n) is 3.88. The molecule has 0 saturated heterocycles. The van der Waals surface area contributed by atoms with Gasteiger partial charge in [-0.15, -0.1) is 0 Å². The molecule has 6 heteroatoms. The summed E-state index contributed by atoms with van der Waals surface area (Å²) in [7, 11) is 0. The first-order chi connectivity index (χ1) is 8.63. The van der Waals surface area contributed by atoms with Crippen LogP contribution in [-0.4, -0.2) is 21.6 Å². The number of hydrogen-bond donors (Lipinski definition) is 2. The van der Waals surface area contributed by atoms with Crippen LogP contribution in [0.1, 0.15) is 11.4 Å². The highest BCUT2D eigenvalue weighted by molar-refractivity contribution is 5.28. The van der Waals surface area contributed by atoms with Crippen molar-refractivity contribution in [2.45, 2.75) is 13.3 Å². The van der Waals surface area contributed by atoms with Gasteiger partial charge in [-0.1, -0.05) is 12.1 Å². The van der Waals surface area contributed by atoms with Gasteiger partial charge in [0.25, 0.3) is 0 Å². The Bertz CT molecular complexity index is 523. The van der Waals surface area contributed by atoms with E-state index in [-0.39, 0.29) is 11.9 Å². The number of nitrogen functional groups attached to an aromatic ring is 2. The Kier molecular flexibility index (Phi) is 3.57. The van der Waals surface area contributed by atoms with Crippen LogP contribution in [0.15, 0.2) is 24.3 Å². The Hall–Kier alpha value is -2.37. The van der Waals surface area contributed by atoms with Crippen LogP contribution < -0.4 is 16.2 Å². The molecule has 0 spiro atoms. The van der Waals surface area contributed by atoms with Crippen LogP contribution in [0, 0.1) is 6.92 Å². The zero-order valence-corrected chi connectivity index (χ0v) is 10.1. The number of nitrogens with two attached hydrogens (primary N) is 2. The van der Waals surface area contributed by atoms with E-state index < -0.39 is 0 Å². The number of nitrogens with zero attached hydrogens (tertiary/aromatic N) is 3. The average Bonchev–Trinajstić information content (AvgIpc) is 2.27. The summed E-state index contributed by atoms with van der Waals surface area (Å²) in [5.41, 5.74) is 12.1. The van der Waals surface area contributed by atoms with E-state index in [4.69, 9.17) is 16.2 Å². The van der Waals surface area contributed by atoms with Gasteiger partial charge in [-0.2, -0.15) is 15.0 Å². The van der Waals surface area contributed by atoms with E-state index in [1.165, 1.54) is 0 Å². The molecule has 18 heavy (non-hydrogen) atoms. The molecule has 1 aromatic carbocycles. The van der Waals surface area contributed by atoms with Crippen molar-refractivity contribution < 1.29 is 4.74 Å². The lowest BCUT2D eigenvalue weighted by Gasteiger charge is -2.06. The number of aromatic nitrogens is 3. The van der Waals surface area contributed by atoms with Crippen LogP contribution in [0.3, 0.4) is 0 Å². The van der Waals surface area contributed by atoms with Crippen molar-refractivity contribution in [3.05, 3.63) is 35.7 Å². The summed E-state index contributed by atoms with van der Waals surface area (Å²) >= 11 is 0. The molecule has 0 saturated carbocycles. The molecule has 94 valence electrons. The Labute approximate surface area is 105 Å². The maximum absolute atomic E-state index is 5.59. The van der Waals surface area contributed by atoms with E-state index in [9.17, 15) is 0 Å². The minimum absolute atomic E-state index is 0.132. The molecule has 2 aromatic rings. The molecule has 0 amide bonds. The topological polar surface area (TPSA) is 99.9 Å². The summed E-state index contributed by atoms with van der Waals surface area (Å²) in [6, 6.07) is 7.84. The molecule has 0 atom stereocenters. The summed E-state index contributed by atoms with van der Waals surface area (Å²) in [6.45, 7) is 2.48. The van der Waals surface area contributed by atoms with Gasteiger partial charge in [0.15, 0.2) is 0 Å². The van der Waals surface area contributed by atoms with Crippen molar-refractivity contribution in [1.82, 2.24) is 15.0 Å². The fraction of sp³-hybridized carbons (Fsp3) is 0.250. The van der Waals surface area contributed by atoms with Gasteiger partial charge in [0.05, 0.1) is 6.61 Å². The number of benzene rings is 1. The molecule has 2 rings (SSSR count). The van der Waals surface area contributed by atoms with Crippen molar-refractivity contribution in [2.24, 2.45) is 0 Å². The molecular formula is C12H15N5O. The summed E-state index contributed by atoms with van der Waals surface area (Å²) in [5.74, 6) is 1.62. The SMILES string of the molecule is Cc1cccc(OCCc2nc(N)nc(N)n2)c1. The van der Waals surface area contributed by atoms with E-state index in [0.717, 1.165) is 11.3 Å². The van der Waals surface area contributed by atoms with Gasteiger partial charge >= 0.3 is 0 Å². The third kappa shape index (κ3) is 3.31. The molecule has 0 aliphatic heterocycles. The monoisotopic (exact) mass is 245 g/mol. The van der Waals surface area contributed by atoms with Gasteiger partial charge < -0.3 is 16.2 Å². The summed E-state index contributed by atoms with van der Waals surface area (Å²) in [4.78, 5) is 11.7. The summed E-state index contributed by atoms with van der Waals surface area (Å²) in [6.07, 6.45) is 0.533. The predicted octanol–water partition coefficient (Wildman–Crippen LogP) is 0.966. The van der Waals surface area contributed by atoms with E-state index in [0.29, 0.717) is 18.9 Å². The highest BCUT2D eigenvalue weighted by Crippen LogP contribution is 2.12. The minimum atomic E-state index is 0.132. The van der Waals surface area contributed by atoms with Gasteiger partial charge in [-0.3, -0.25) is 0 Å². The molecule has 4 N–H and O–H groups in total. The average molecular weight is 245 g/mol. The smallest absolute Gasteiger partial charge is 0.225 e. The molecule has 1 heterocycles. The normalized spacial score (nSPS) is 10.3. The first-order valence-electron chi connectivity index (χ1n) is 5.59. The highest BCUT2D eigenvalue weighted by atomic mass is 16.5. The van der Waals surface area contributed by atoms with Crippen LogP contribution in [0.5, 0.6) is 5.75 Å². The van der Waals surface area contributed by atoms with Crippen molar-refractivity contribution in [3.63, 3.8) is 0 Å². The number of aryl methyl sites for hydroxylation is 1. The molecule has 0 radical (unpaired) electrons. The Morgan fingerprint density at radius 1 is 1.11 bits per heavy atom. The van der Waals surface area contributed by atoms with Crippen molar-refractivity contribution >= 4 is 11.9 Å². The molecule has 0 aliphatic rings. The summed E-state index contributed by atoms with van der Waals surface area (Å²) in [5, 5.41) is 0. The second-order valence-corrected chi connectivity index (χ2v) is 3.88. The molecule has 0 bridgehead atoms. The zero-order chi connectivity index (χ0) is 13.0. The van der Waals surface area contributed by atoms with Gasteiger partial charge in [0, 0.05) is 6.42 Å². The first-order valence-corrected chi connectivity index (χ1v) is 5.59. The molecule has 1 aromatic heterocycles. The maximum Gasteiger partial charge on any atom is 0.225 e. The molecule has 0 fully saturated rings. The van der Waals surface area contributed by atoms with Gasteiger partial charge in [-0.25, -0.2) is 0 Å². The highest BCUT2D eigenvalue weighted by Gasteiger charge is 2.02. The molecular weight excluding hydrogens is 230 g/mol. The third-order valence-corrected chi connectivity index (χ3v) is 2.30. The molecule has 0 unspecified atom stereocenters. The van der Waals surface area contributed by atoms with Crippen LogP contribution in [0.25, 0.3) is 0 Å². The van der Waals surface area contributed by atoms with E-state index in [1.807, 2.05) is 31.2 Å². The maximum atomic E-state index is 5.59. The van der Waals surface area contributed by atoms with Crippen molar-refractivity contribution in [2.75, 3.05) is 18.1 Å². The van der Waals surface area contributed by atoms with E-state index >= 15 is 0 Å². The lowest BCUT2D eigenvalue weighted by Crippen LogP contribution is -2.10. The van der Waals surface area contributed by atoms with Gasteiger partial charge in [0.2, 0.25) is 11.9 Å². The molecule has 0 aliphatic carbocycles. The quantitative estimate of drug-likeness (QED) is 0.832. The van der Waals surface area contributed by atoms with Gasteiger partial charge in [0.1, 0.15) is 11.6 Å². The summed E-state index contributed by atoms with van der Waals surface area (Å²) < 4.78 is 5.59. The van der Waals surface area contributed by atoms with Crippen LogP contribution in [0.4, 0.5) is 11.9 Å². The number of hydrogen-bond acceptors (Lipinski definition) is 6. The Balaban J connectivity index is 1.92. The van der Waals surface area contributed by atoms with Crippen LogP contribution in [-0.2, 0) is 6.42 Å². The van der Waals surface area contributed by atoms with Crippen LogP contribution >= 0.6 is 0 Å². The third-order valence-electron chi connectivity index (χ3n) is 2.30.